The molecule has 0 aliphatic rings. The number of hydrogen-bond donors (Lipinski definition) is 0. The van der Waals surface area contributed by atoms with Crippen molar-refractivity contribution >= 4 is 37.6 Å². The summed E-state index contributed by atoms with van der Waals surface area (Å²) in [5.74, 6) is 0.814. The zero-order valence-electron chi connectivity index (χ0n) is 8.59. The number of ketones is 1. The molecule has 0 fully saturated rings. The Hall–Kier alpha value is -0.350. The Bertz CT molecular complexity index is 362. The molecule has 0 spiro atoms. The molecule has 1 aromatic rings. The Balaban J connectivity index is 3.23. The molecule has 0 amide bonds. The maximum Gasteiger partial charge on any atom is 0.176 e. The fraction of sp³-hybridized carbons (Fsp3) is 0.364. The third-order valence-corrected chi connectivity index (χ3v) is 3.09. The summed E-state index contributed by atoms with van der Waals surface area (Å²) in [6.45, 7) is 1.82. The lowest BCUT2D eigenvalue weighted by atomic mass is 10.0. The summed E-state index contributed by atoms with van der Waals surface area (Å²) >= 11 is 6.65. The molecule has 0 N–H and O–H groups in total. The third kappa shape index (κ3) is 2.82. The smallest absolute Gasteiger partial charge is 0.176 e. The second kappa shape index (κ2) is 5.66. The second-order valence-corrected chi connectivity index (χ2v) is 5.03. The van der Waals surface area contributed by atoms with Gasteiger partial charge in [0.2, 0.25) is 0 Å². The molecule has 0 heterocycles. The van der Waals surface area contributed by atoms with Gasteiger partial charge in [-0.25, -0.2) is 0 Å². The van der Waals surface area contributed by atoms with Crippen molar-refractivity contribution in [2.45, 2.75) is 17.1 Å². The Morgan fingerprint density at radius 1 is 1.53 bits per heavy atom. The van der Waals surface area contributed by atoms with Crippen molar-refractivity contribution in [1.29, 1.82) is 0 Å². The van der Waals surface area contributed by atoms with E-state index in [9.17, 15) is 4.79 Å². The first-order valence-corrected chi connectivity index (χ1v) is 6.55. The largest absolute Gasteiger partial charge is 0.496 e. The van der Waals surface area contributed by atoms with Crippen molar-refractivity contribution < 1.29 is 9.53 Å². The van der Waals surface area contributed by atoms with Gasteiger partial charge in [0.1, 0.15) is 5.75 Å². The van der Waals surface area contributed by atoms with Crippen LogP contribution >= 0.6 is 31.9 Å². The number of methoxy groups -OCH3 is 1. The van der Waals surface area contributed by atoms with Gasteiger partial charge in [-0.15, -0.1) is 0 Å². The minimum atomic E-state index is -0.178. The van der Waals surface area contributed by atoms with E-state index in [1.165, 1.54) is 0 Å². The van der Waals surface area contributed by atoms with Crippen LogP contribution in [-0.4, -0.2) is 17.7 Å². The van der Waals surface area contributed by atoms with Crippen LogP contribution in [0.25, 0.3) is 0 Å². The van der Waals surface area contributed by atoms with Gasteiger partial charge in [0.15, 0.2) is 5.78 Å². The molecule has 1 rings (SSSR count). The number of Topliss-reactive ketones (excluding diaryl/α,β-unsaturated/α-hetero) is 1. The van der Waals surface area contributed by atoms with Crippen molar-refractivity contribution in [3.63, 3.8) is 0 Å². The van der Waals surface area contributed by atoms with E-state index in [0.717, 1.165) is 11.3 Å². The van der Waals surface area contributed by atoms with Crippen molar-refractivity contribution in [2.24, 2.45) is 0 Å². The van der Waals surface area contributed by atoms with Crippen molar-refractivity contribution in [3.05, 3.63) is 29.3 Å². The lowest BCUT2D eigenvalue weighted by Gasteiger charge is -2.11. The zero-order chi connectivity index (χ0) is 11.4. The van der Waals surface area contributed by atoms with E-state index < -0.39 is 0 Å². The molecule has 0 aromatic heterocycles. The molecule has 1 aromatic carbocycles. The first-order valence-electron chi connectivity index (χ1n) is 4.52. The SMILES string of the molecule is COc1cccc(C(=O)C(C)Br)c1CBr. The first kappa shape index (κ1) is 12.7. The van der Waals surface area contributed by atoms with Gasteiger partial charge in [-0.05, 0) is 13.0 Å². The predicted octanol–water partition coefficient (Wildman–Crippen LogP) is 3.56. The molecule has 1 unspecified atom stereocenters. The van der Waals surface area contributed by atoms with Crippen LogP contribution in [0.15, 0.2) is 18.2 Å². The van der Waals surface area contributed by atoms with Crippen LogP contribution in [0.5, 0.6) is 5.75 Å². The third-order valence-electron chi connectivity index (χ3n) is 2.11. The summed E-state index contributed by atoms with van der Waals surface area (Å²) < 4.78 is 5.21. The number of benzene rings is 1. The van der Waals surface area contributed by atoms with Crippen molar-refractivity contribution in [2.75, 3.05) is 7.11 Å². The van der Waals surface area contributed by atoms with Gasteiger partial charge in [-0.3, -0.25) is 4.79 Å². The predicted molar refractivity (Wildman–Crippen MR) is 68.3 cm³/mol. The van der Waals surface area contributed by atoms with Gasteiger partial charge < -0.3 is 4.74 Å². The lowest BCUT2D eigenvalue weighted by Crippen LogP contribution is -2.12. The van der Waals surface area contributed by atoms with Crippen LogP contribution in [0.2, 0.25) is 0 Å². The summed E-state index contributed by atoms with van der Waals surface area (Å²) in [6, 6.07) is 5.50. The molecule has 0 aliphatic heterocycles. The van der Waals surface area contributed by atoms with Gasteiger partial charge in [-0.1, -0.05) is 44.0 Å². The number of ether oxygens (including phenoxy) is 1. The highest BCUT2D eigenvalue weighted by atomic mass is 79.9. The van der Waals surface area contributed by atoms with Crippen LogP contribution in [-0.2, 0) is 5.33 Å². The van der Waals surface area contributed by atoms with Gasteiger partial charge >= 0.3 is 0 Å². The lowest BCUT2D eigenvalue weighted by molar-refractivity contribution is 0.0995. The highest BCUT2D eigenvalue weighted by molar-refractivity contribution is 9.10. The Morgan fingerprint density at radius 3 is 2.67 bits per heavy atom. The molecule has 15 heavy (non-hydrogen) atoms. The fourth-order valence-corrected chi connectivity index (χ4v) is 2.16. The second-order valence-electron chi connectivity index (χ2n) is 3.10. The number of carbonyl (C=O) groups excluding carboxylic acids is 1. The normalized spacial score (nSPS) is 12.3. The van der Waals surface area contributed by atoms with Gasteiger partial charge in [0.25, 0.3) is 0 Å². The minimum Gasteiger partial charge on any atom is -0.496 e. The maximum atomic E-state index is 11.9. The molecule has 0 bridgehead atoms. The summed E-state index contributed by atoms with van der Waals surface area (Å²) in [6.07, 6.45) is 0. The molecular weight excluding hydrogens is 324 g/mol. The topological polar surface area (TPSA) is 26.3 Å². The standard InChI is InChI=1S/C11H12Br2O2/c1-7(13)11(14)8-4-3-5-10(15-2)9(8)6-12/h3-5,7H,6H2,1-2H3. The van der Waals surface area contributed by atoms with E-state index >= 15 is 0 Å². The van der Waals surface area contributed by atoms with Gasteiger partial charge in [-0.2, -0.15) is 0 Å². The van der Waals surface area contributed by atoms with Crippen LogP contribution in [0.3, 0.4) is 0 Å². The molecule has 2 nitrogen and oxygen atoms in total. The summed E-state index contributed by atoms with van der Waals surface area (Å²) in [5, 5.41) is 0.609. The first-order chi connectivity index (χ1) is 7.11. The number of hydrogen-bond acceptors (Lipinski definition) is 2. The minimum absolute atomic E-state index is 0.0725. The fourth-order valence-electron chi connectivity index (χ4n) is 1.34. The molecule has 4 heteroatoms. The zero-order valence-corrected chi connectivity index (χ0v) is 11.8. The Labute approximate surface area is 106 Å². The molecular formula is C11H12Br2O2. The monoisotopic (exact) mass is 334 g/mol. The quantitative estimate of drug-likeness (QED) is 0.621. The van der Waals surface area contributed by atoms with Gasteiger partial charge in [0, 0.05) is 16.5 Å². The van der Waals surface area contributed by atoms with Crippen LogP contribution in [0.4, 0.5) is 0 Å². The summed E-state index contributed by atoms with van der Waals surface area (Å²) in [4.78, 5) is 11.7. The Morgan fingerprint density at radius 2 is 2.20 bits per heavy atom. The van der Waals surface area contributed by atoms with E-state index in [4.69, 9.17) is 4.74 Å². The molecule has 0 radical (unpaired) electrons. The summed E-state index contributed by atoms with van der Waals surface area (Å²) in [7, 11) is 1.60. The van der Waals surface area contributed by atoms with Crippen molar-refractivity contribution in [3.8, 4) is 5.75 Å². The van der Waals surface area contributed by atoms with E-state index in [0.29, 0.717) is 10.9 Å². The van der Waals surface area contributed by atoms with E-state index in [2.05, 4.69) is 31.9 Å². The number of halogens is 2. The molecule has 0 saturated heterocycles. The highest BCUT2D eigenvalue weighted by Crippen LogP contribution is 2.26. The average molecular weight is 336 g/mol. The number of alkyl halides is 2. The molecule has 0 aliphatic carbocycles. The van der Waals surface area contributed by atoms with Crippen molar-refractivity contribution in [1.82, 2.24) is 0 Å². The molecule has 82 valence electrons. The van der Waals surface area contributed by atoms with E-state index in [1.54, 1.807) is 7.11 Å². The van der Waals surface area contributed by atoms with Crippen LogP contribution in [0.1, 0.15) is 22.8 Å². The van der Waals surface area contributed by atoms with E-state index in [1.807, 2.05) is 25.1 Å². The maximum absolute atomic E-state index is 11.9. The average Bonchev–Trinajstić information content (AvgIpc) is 2.26. The van der Waals surface area contributed by atoms with Crippen LogP contribution in [0, 0.1) is 0 Å². The Kier molecular flexibility index (Phi) is 4.80. The number of carbonyl (C=O) groups is 1. The summed E-state index contributed by atoms with van der Waals surface area (Å²) in [5.41, 5.74) is 1.60. The highest BCUT2D eigenvalue weighted by Gasteiger charge is 2.17. The van der Waals surface area contributed by atoms with Crippen LogP contribution < -0.4 is 4.74 Å². The number of rotatable bonds is 4. The molecule has 1 atom stereocenters. The van der Waals surface area contributed by atoms with E-state index in [-0.39, 0.29) is 10.6 Å². The molecule has 0 saturated carbocycles. The van der Waals surface area contributed by atoms with Gasteiger partial charge in [0.05, 0.1) is 11.9 Å².